The normalized spacial score (nSPS) is 9.94. The molecule has 1 aromatic heterocycles. The number of carbonyl (C=O) groups is 1. The van der Waals surface area contributed by atoms with Crippen LogP contribution in [0.25, 0.3) is 0 Å². The molecule has 0 aliphatic heterocycles. The highest BCUT2D eigenvalue weighted by Gasteiger charge is 2.05. The van der Waals surface area contributed by atoms with Gasteiger partial charge < -0.3 is 9.64 Å². The fourth-order valence-electron chi connectivity index (χ4n) is 1.15. The maximum atomic E-state index is 11.3. The van der Waals surface area contributed by atoms with Crippen molar-refractivity contribution in [3.8, 4) is 6.01 Å². The summed E-state index contributed by atoms with van der Waals surface area (Å²) in [5, 5.41) is 0. The Balaban J connectivity index is 2.46. The van der Waals surface area contributed by atoms with Gasteiger partial charge in [0.05, 0.1) is 6.61 Å². The van der Waals surface area contributed by atoms with Gasteiger partial charge in [-0.25, -0.2) is 9.97 Å². The highest BCUT2D eigenvalue weighted by atomic mass is 16.5. The van der Waals surface area contributed by atoms with E-state index in [9.17, 15) is 4.79 Å². The molecule has 1 heterocycles. The first kappa shape index (κ1) is 12.4. The number of amides is 1. The molecule has 0 aromatic carbocycles. The Morgan fingerprint density at radius 3 is 2.50 bits per heavy atom. The minimum atomic E-state index is 0.105. The molecule has 0 saturated carbocycles. The van der Waals surface area contributed by atoms with E-state index in [-0.39, 0.29) is 5.91 Å². The van der Waals surface area contributed by atoms with Crippen molar-refractivity contribution in [1.29, 1.82) is 0 Å². The third-order valence-electron chi connectivity index (χ3n) is 2.08. The number of nitrogens with zero attached hydrogens (tertiary/aromatic N) is 3. The van der Waals surface area contributed by atoms with Gasteiger partial charge in [0.15, 0.2) is 0 Å². The third kappa shape index (κ3) is 3.84. The minimum absolute atomic E-state index is 0.105. The maximum Gasteiger partial charge on any atom is 0.316 e. The molecule has 0 N–H and O–H groups in total. The van der Waals surface area contributed by atoms with Crippen LogP contribution >= 0.6 is 0 Å². The van der Waals surface area contributed by atoms with E-state index in [2.05, 4.69) is 9.97 Å². The summed E-state index contributed by atoms with van der Waals surface area (Å²) in [7, 11) is 3.49. The number of carbonyl (C=O) groups excluding carboxylic acids is 1. The summed E-state index contributed by atoms with van der Waals surface area (Å²) in [6, 6.07) is 0.380. The minimum Gasteiger partial charge on any atom is -0.464 e. The van der Waals surface area contributed by atoms with Crippen LogP contribution in [0.4, 0.5) is 0 Å². The van der Waals surface area contributed by atoms with Gasteiger partial charge in [-0.1, -0.05) is 0 Å². The quantitative estimate of drug-likeness (QED) is 0.744. The first-order valence-electron chi connectivity index (χ1n) is 5.27. The lowest BCUT2D eigenvalue weighted by Crippen LogP contribution is -2.21. The first-order chi connectivity index (χ1) is 7.63. The zero-order valence-electron chi connectivity index (χ0n) is 9.93. The zero-order chi connectivity index (χ0) is 12.0. The summed E-state index contributed by atoms with van der Waals surface area (Å²) < 4.78 is 5.13. The van der Waals surface area contributed by atoms with Gasteiger partial charge in [0.1, 0.15) is 0 Å². The van der Waals surface area contributed by atoms with Crippen molar-refractivity contribution in [2.45, 2.75) is 19.8 Å². The Morgan fingerprint density at radius 2 is 2.00 bits per heavy atom. The van der Waals surface area contributed by atoms with E-state index < -0.39 is 0 Å². The van der Waals surface area contributed by atoms with Crippen molar-refractivity contribution in [3.63, 3.8) is 0 Å². The van der Waals surface area contributed by atoms with Crippen LogP contribution in [-0.4, -0.2) is 41.5 Å². The monoisotopic (exact) mass is 223 g/mol. The Hall–Kier alpha value is -1.65. The lowest BCUT2D eigenvalue weighted by molar-refractivity contribution is -0.128. The number of aromatic nitrogens is 2. The van der Waals surface area contributed by atoms with E-state index in [4.69, 9.17) is 4.74 Å². The number of hydrogen-bond donors (Lipinski definition) is 0. The van der Waals surface area contributed by atoms with Crippen molar-refractivity contribution in [1.82, 2.24) is 14.9 Å². The van der Waals surface area contributed by atoms with Gasteiger partial charge >= 0.3 is 6.01 Å². The molecule has 0 radical (unpaired) electrons. The van der Waals surface area contributed by atoms with E-state index >= 15 is 0 Å². The van der Waals surface area contributed by atoms with Gasteiger partial charge in [-0.05, 0) is 18.9 Å². The van der Waals surface area contributed by atoms with Gasteiger partial charge in [0.2, 0.25) is 5.91 Å². The average Bonchev–Trinajstić information content (AvgIpc) is 2.28. The fourth-order valence-corrected chi connectivity index (χ4v) is 1.15. The molecule has 88 valence electrons. The SMILES string of the molecule is CCOc1ncc(CCC(=O)N(C)C)cn1. The second-order valence-corrected chi connectivity index (χ2v) is 3.60. The summed E-state index contributed by atoms with van der Waals surface area (Å²) in [6.07, 6.45) is 4.52. The van der Waals surface area contributed by atoms with Crippen LogP contribution < -0.4 is 4.74 Å². The molecule has 0 bridgehead atoms. The van der Waals surface area contributed by atoms with E-state index in [1.54, 1.807) is 31.4 Å². The zero-order valence-corrected chi connectivity index (χ0v) is 9.93. The van der Waals surface area contributed by atoms with Crippen molar-refractivity contribution < 1.29 is 9.53 Å². The predicted molar refractivity (Wildman–Crippen MR) is 60.2 cm³/mol. The first-order valence-corrected chi connectivity index (χ1v) is 5.27. The Kier molecular flexibility index (Phi) is 4.69. The Labute approximate surface area is 95.5 Å². The van der Waals surface area contributed by atoms with Gasteiger partial charge in [0, 0.05) is 32.9 Å². The van der Waals surface area contributed by atoms with Gasteiger partial charge in [-0.15, -0.1) is 0 Å². The molecule has 0 aliphatic rings. The summed E-state index contributed by atoms with van der Waals surface area (Å²) in [6.45, 7) is 2.44. The van der Waals surface area contributed by atoms with Gasteiger partial charge in [0.25, 0.3) is 0 Å². The number of rotatable bonds is 5. The summed E-state index contributed by atoms with van der Waals surface area (Å²) in [5.41, 5.74) is 0.943. The smallest absolute Gasteiger partial charge is 0.316 e. The molecule has 1 rings (SSSR count). The van der Waals surface area contributed by atoms with E-state index in [0.29, 0.717) is 25.5 Å². The van der Waals surface area contributed by atoms with Crippen LogP contribution in [0.15, 0.2) is 12.4 Å². The molecular weight excluding hydrogens is 206 g/mol. The lowest BCUT2D eigenvalue weighted by atomic mass is 10.2. The van der Waals surface area contributed by atoms with Crippen LogP contribution in [0.1, 0.15) is 18.9 Å². The average molecular weight is 223 g/mol. The van der Waals surface area contributed by atoms with Crippen LogP contribution in [-0.2, 0) is 11.2 Å². The predicted octanol–water partition coefficient (Wildman–Crippen LogP) is 0.896. The second kappa shape index (κ2) is 6.05. The summed E-state index contributed by atoms with van der Waals surface area (Å²) in [4.78, 5) is 21.0. The molecular formula is C11H17N3O2. The largest absolute Gasteiger partial charge is 0.464 e. The van der Waals surface area contributed by atoms with Crippen molar-refractivity contribution >= 4 is 5.91 Å². The molecule has 0 fully saturated rings. The van der Waals surface area contributed by atoms with Crippen LogP contribution in [0.2, 0.25) is 0 Å². The van der Waals surface area contributed by atoms with Crippen LogP contribution in [0.3, 0.4) is 0 Å². The van der Waals surface area contributed by atoms with Gasteiger partial charge in [-0.2, -0.15) is 0 Å². The summed E-state index contributed by atoms with van der Waals surface area (Å²) >= 11 is 0. The van der Waals surface area contributed by atoms with E-state index in [1.165, 1.54) is 0 Å². The maximum absolute atomic E-state index is 11.3. The van der Waals surface area contributed by atoms with Crippen LogP contribution in [0, 0.1) is 0 Å². The highest BCUT2D eigenvalue weighted by Crippen LogP contribution is 2.05. The Morgan fingerprint density at radius 1 is 1.38 bits per heavy atom. The van der Waals surface area contributed by atoms with E-state index in [1.807, 2.05) is 6.92 Å². The highest BCUT2D eigenvalue weighted by molar-refractivity contribution is 5.75. The Bertz CT molecular complexity index is 336. The second-order valence-electron chi connectivity index (χ2n) is 3.60. The molecule has 5 heteroatoms. The molecule has 0 aliphatic carbocycles. The molecule has 16 heavy (non-hydrogen) atoms. The molecule has 1 amide bonds. The topological polar surface area (TPSA) is 55.3 Å². The third-order valence-corrected chi connectivity index (χ3v) is 2.08. The van der Waals surface area contributed by atoms with E-state index in [0.717, 1.165) is 5.56 Å². The molecule has 1 aromatic rings. The summed E-state index contributed by atoms with van der Waals surface area (Å²) in [5.74, 6) is 0.105. The lowest BCUT2D eigenvalue weighted by Gasteiger charge is -2.09. The van der Waals surface area contributed by atoms with Crippen LogP contribution in [0.5, 0.6) is 6.01 Å². The fraction of sp³-hybridized carbons (Fsp3) is 0.545. The van der Waals surface area contributed by atoms with Crippen molar-refractivity contribution in [2.75, 3.05) is 20.7 Å². The number of ether oxygens (including phenoxy) is 1. The van der Waals surface area contributed by atoms with Gasteiger partial charge in [-0.3, -0.25) is 4.79 Å². The molecule has 0 saturated heterocycles. The standard InChI is InChI=1S/C11H17N3O2/c1-4-16-11-12-7-9(8-13-11)5-6-10(15)14(2)3/h7-8H,4-6H2,1-3H3. The van der Waals surface area contributed by atoms with Crippen molar-refractivity contribution in [2.24, 2.45) is 0 Å². The molecule has 5 nitrogen and oxygen atoms in total. The van der Waals surface area contributed by atoms with Crippen molar-refractivity contribution in [3.05, 3.63) is 18.0 Å². The molecule has 0 atom stereocenters. The molecule has 0 unspecified atom stereocenters. The number of aryl methyl sites for hydroxylation is 1. The molecule has 0 spiro atoms. The number of hydrogen-bond acceptors (Lipinski definition) is 4.